The van der Waals surface area contributed by atoms with Crippen LogP contribution < -0.4 is 10.5 Å². The van der Waals surface area contributed by atoms with E-state index < -0.39 is 0 Å². The Hall–Kier alpha value is -2.39. The summed E-state index contributed by atoms with van der Waals surface area (Å²) in [5.74, 6) is 1.56. The zero-order valence-electron chi connectivity index (χ0n) is 12.3. The first kappa shape index (κ1) is 13.6. The lowest BCUT2D eigenvalue weighted by atomic mass is 10.1. The normalized spacial score (nSPS) is 10.8. The maximum absolute atomic E-state index is 6.11. The van der Waals surface area contributed by atoms with Crippen molar-refractivity contribution in [1.82, 2.24) is 4.98 Å². The van der Waals surface area contributed by atoms with Crippen LogP contribution in [0.15, 0.2) is 48.5 Å². The van der Waals surface area contributed by atoms with Gasteiger partial charge in [-0.15, -0.1) is 0 Å². The molecule has 0 radical (unpaired) electrons. The van der Waals surface area contributed by atoms with Crippen LogP contribution in [0, 0.1) is 13.8 Å². The highest BCUT2D eigenvalue weighted by molar-refractivity contribution is 5.84. The molecular weight excluding hydrogens is 260 g/mol. The van der Waals surface area contributed by atoms with E-state index in [2.05, 4.69) is 11.1 Å². The Morgan fingerprint density at radius 3 is 2.67 bits per heavy atom. The summed E-state index contributed by atoms with van der Waals surface area (Å²) in [6.07, 6.45) is 0. The first-order valence-corrected chi connectivity index (χ1v) is 7.01. The maximum Gasteiger partial charge on any atom is 0.153 e. The third-order valence-electron chi connectivity index (χ3n) is 3.48. The number of aromatic nitrogens is 1. The van der Waals surface area contributed by atoms with Crippen molar-refractivity contribution in [3.05, 3.63) is 65.4 Å². The van der Waals surface area contributed by atoms with Crippen LogP contribution >= 0.6 is 0 Å². The van der Waals surface area contributed by atoms with E-state index in [4.69, 9.17) is 10.5 Å². The molecule has 2 N–H and O–H groups in total. The van der Waals surface area contributed by atoms with Crippen LogP contribution in [0.25, 0.3) is 10.9 Å². The van der Waals surface area contributed by atoms with E-state index in [9.17, 15) is 0 Å². The number of fused-ring (bicyclic) bond motifs is 1. The first-order valence-electron chi connectivity index (χ1n) is 7.01. The minimum atomic E-state index is 0.451. The Balaban J connectivity index is 2.10. The SMILES string of the molecule is Cc1ccc(CN)c(Oc2cccc3ccc(C)nc23)c1. The second-order valence-electron chi connectivity index (χ2n) is 5.20. The van der Waals surface area contributed by atoms with Crippen LogP contribution in [-0.2, 0) is 6.54 Å². The lowest BCUT2D eigenvalue weighted by molar-refractivity contribution is 0.480. The molecule has 3 nitrogen and oxygen atoms in total. The lowest BCUT2D eigenvalue weighted by Gasteiger charge is -2.12. The summed E-state index contributed by atoms with van der Waals surface area (Å²) in [6, 6.07) is 16.1. The van der Waals surface area contributed by atoms with Crippen LogP contribution in [0.2, 0.25) is 0 Å². The summed E-state index contributed by atoms with van der Waals surface area (Å²) in [6.45, 7) is 4.47. The molecule has 0 spiro atoms. The van der Waals surface area contributed by atoms with E-state index in [-0.39, 0.29) is 0 Å². The highest BCUT2D eigenvalue weighted by Gasteiger charge is 2.08. The summed E-state index contributed by atoms with van der Waals surface area (Å²) >= 11 is 0. The van der Waals surface area contributed by atoms with Crippen molar-refractivity contribution < 1.29 is 4.74 Å². The Labute approximate surface area is 124 Å². The minimum absolute atomic E-state index is 0.451. The highest BCUT2D eigenvalue weighted by Crippen LogP contribution is 2.31. The van der Waals surface area contributed by atoms with Gasteiger partial charge in [0.2, 0.25) is 0 Å². The molecule has 1 aromatic heterocycles. The van der Waals surface area contributed by atoms with Crippen molar-refractivity contribution >= 4 is 10.9 Å². The Morgan fingerprint density at radius 1 is 1.00 bits per heavy atom. The molecular formula is C18H18N2O. The second-order valence-corrected chi connectivity index (χ2v) is 5.20. The minimum Gasteiger partial charge on any atom is -0.455 e. The zero-order chi connectivity index (χ0) is 14.8. The van der Waals surface area contributed by atoms with Gasteiger partial charge >= 0.3 is 0 Å². The van der Waals surface area contributed by atoms with Crippen molar-refractivity contribution in [1.29, 1.82) is 0 Å². The molecule has 3 aromatic rings. The molecule has 0 fully saturated rings. The van der Waals surface area contributed by atoms with Crippen LogP contribution in [-0.4, -0.2) is 4.98 Å². The van der Waals surface area contributed by atoms with Crippen molar-refractivity contribution in [3.63, 3.8) is 0 Å². The predicted octanol–water partition coefficient (Wildman–Crippen LogP) is 4.10. The fourth-order valence-corrected chi connectivity index (χ4v) is 2.34. The second kappa shape index (κ2) is 5.54. The van der Waals surface area contributed by atoms with E-state index in [1.165, 1.54) is 0 Å². The van der Waals surface area contributed by atoms with E-state index >= 15 is 0 Å². The van der Waals surface area contributed by atoms with Crippen molar-refractivity contribution in [2.45, 2.75) is 20.4 Å². The summed E-state index contributed by atoms with van der Waals surface area (Å²) in [5, 5.41) is 1.07. The molecule has 0 saturated heterocycles. The number of hydrogen-bond donors (Lipinski definition) is 1. The largest absolute Gasteiger partial charge is 0.455 e. The number of aryl methyl sites for hydroxylation is 2. The molecule has 0 unspecified atom stereocenters. The lowest BCUT2D eigenvalue weighted by Crippen LogP contribution is -2.00. The van der Waals surface area contributed by atoms with Gasteiger partial charge in [0.15, 0.2) is 5.75 Å². The number of benzene rings is 2. The first-order chi connectivity index (χ1) is 10.2. The Kier molecular flexibility index (Phi) is 3.59. The zero-order valence-corrected chi connectivity index (χ0v) is 12.3. The van der Waals surface area contributed by atoms with E-state index in [0.29, 0.717) is 6.54 Å². The molecule has 1 heterocycles. The molecule has 0 saturated carbocycles. The van der Waals surface area contributed by atoms with Crippen LogP contribution in [0.4, 0.5) is 0 Å². The molecule has 0 aliphatic carbocycles. The Morgan fingerprint density at radius 2 is 1.86 bits per heavy atom. The number of rotatable bonds is 3. The summed E-state index contributed by atoms with van der Waals surface area (Å²) in [7, 11) is 0. The molecule has 3 rings (SSSR count). The van der Waals surface area contributed by atoms with Gasteiger partial charge in [-0.3, -0.25) is 0 Å². The van der Waals surface area contributed by atoms with Gasteiger partial charge in [0.05, 0.1) is 0 Å². The van der Waals surface area contributed by atoms with Gasteiger partial charge in [0, 0.05) is 23.2 Å². The van der Waals surface area contributed by atoms with E-state index in [0.717, 1.165) is 39.2 Å². The topological polar surface area (TPSA) is 48.1 Å². The third-order valence-corrected chi connectivity index (χ3v) is 3.48. The van der Waals surface area contributed by atoms with Crippen molar-refractivity contribution in [2.24, 2.45) is 5.73 Å². The molecule has 0 amide bonds. The number of pyridine rings is 1. The average molecular weight is 278 g/mol. The third kappa shape index (κ3) is 2.73. The van der Waals surface area contributed by atoms with Crippen LogP contribution in [0.1, 0.15) is 16.8 Å². The van der Waals surface area contributed by atoms with E-state index in [1.807, 2.05) is 56.3 Å². The smallest absolute Gasteiger partial charge is 0.153 e. The standard InChI is InChI=1S/C18H18N2O/c1-12-6-8-15(11-19)17(10-12)21-16-5-3-4-14-9-7-13(2)20-18(14)16/h3-10H,11,19H2,1-2H3. The molecule has 0 bridgehead atoms. The summed E-state index contributed by atoms with van der Waals surface area (Å²) in [5.41, 5.74) is 9.78. The number of nitrogens with zero attached hydrogens (tertiary/aromatic N) is 1. The van der Waals surface area contributed by atoms with Gasteiger partial charge < -0.3 is 10.5 Å². The number of nitrogens with two attached hydrogens (primary N) is 1. The fraction of sp³-hybridized carbons (Fsp3) is 0.167. The molecule has 0 atom stereocenters. The molecule has 2 aromatic carbocycles. The fourth-order valence-electron chi connectivity index (χ4n) is 2.34. The molecule has 0 aliphatic heterocycles. The van der Waals surface area contributed by atoms with Gasteiger partial charge in [-0.1, -0.05) is 30.3 Å². The van der Waals surface area contributed by atoms with Gasteiger partial charge in [-0.25, -0.2) is 4.98 Å². The summed E-state index contributed by atoms with van der Waals surface area (Å²) < 4.78 is 6.11. The monoisotopic (exact) mass is 278 g/mol. The molecule has 3 heteroatoms. The van der Waals surface area contributed by atoms with Gasteiger partial charge in [-0.05, 0) is 37.6 Å². The number of ether oxygens (including phenoxy) is 1. The van der Waals surface area contributed by atoms with Crippen LogP contribution in [0.5, 0.6) is 11.5 Å². The van der Waals surface area contributed by atoms with Crippen molar-refractivity contribution in [3.8, 4) is 11.5 Å². The van der Waals surface area contributed by atoms with Crippen LogP contribution in [0.3, 0.4) is 0 Å². The predicted molar refractivity (Wildman–Crippen MR) is 85.6 cm³/mol. The van der Waals surface area contributed by atoms with Crippen molar-refractivity contribution in [2.75, 3.05) is 0 Å². The van der Waals surface area contributed by atoms with Gasteiger partial charge in [-0.2, -0.15) is 0 Å². The molecule has 0 aliphatic rings. The maximum atomic E-state index is 6.11. The number of hydrogen-bond acceptors (Lipinski definition) is 3. The Bertz CT molecular complexity index is 796. The van der Waals surface area contributed by atoms with Gasteiger partial charge in [0.25, 0.3) is 0 Å². The van der Waals surface area contributed by atoms with E-state index in [1.54, 1.807) is 0 Å². The summed E-state index contributed by atoms with van der Waals surface area (Å²) in [4.78, 5) is 4.59. The number of para-hydroxylation sites is 1. The molecule has 106 valence electrons. The average Bonchev–Trinajstić information content (AvgIpc) is 2.48. The quantitative estimate of drug-likeness (QED) is 0.784. The highest BCUT2D eigenvalue weighted by atomic mass is 16.5. The van der Waals surface area contributed by atoms with Gasteiger partial charge in [0.1, 0.15) is 11.3 Å². The molecule has 21 heavy (non-hydrogen) atoms.